The Morgan fingerprint density at radius 2 is 1.71 bits per heavy atom. The van der Waals surface area contributed by atoms with Gasteiger partial charge in [0.05, 0.1) is 11.4 Å². The second-order valence-corrected chi connectivity index (χ2v) is 5.62. The molecule has 0 saturated carbocycles. The van der Waals surface area contributed by atoms with E-state index in [2.05, 4.69) is 4.90 Å². The maximum atomic E-state index is 5.73. The van der Waals surface area contributed by atoms with Crippen LogP contribution in [-0.2, 0) is 4.74 Å². The molecule has 1 aliphatic rings. The van der Waals surface area contributed by atoms with Crippen LogP contribution in [0.4, 0.5) is 11.4 Å². The van der Waals surface area contributed by atoms with Gasteiger partial charge in [0.15, 0.2) is 0 Å². The fourth-order valence-corrected chi connectivity index (χ4v) is 2.32. The molecule has 0 bridgehead atoms. The van der Waals surface area contributed by atoms with E-state index in [1.165, 1.54) is 25.9 Å². The predicted molar refractivity (Wildman–Crippen MR) is 105 cm³/mol. The van der Waals surface area contributed by atoms with E-state index in [1.807, 2.05) is 56.4 Å². The highest BCUT2D eigenvalue weighted by Crippen LogP contribution is 2.10. The number of rotatable bonds is 6. The minimum atomic E-state index is 0.646. The van der Waals surface area contributed by atoms with Crippen LogP contribution in [0.15, 0.2) is 60.4 Å². The first-order valence-electron chi connectivity index (χ1n) is 8.58. The first-order chi connectivity index (χ1) is 11.7. The van der Waals surface area contributed by atoms with Gasteiger partial charge in [-0.3, -0.25) is 4.90 Å². The molecule has 4 N–H and O–H groups in total. The number of nitrogens with zero attached hydrogens (tertiary/aromatic N) is 1. The molecule has 0 spiro atoms. The van der Waals surface area contributed by atoms with E-state index in [0.29, 0.717) is 11.4 Å². The summed E-state index contributed by atoms with van der Waals surface area (Å²) in [6.45, 7) is 8.32. The molecule has 1 aromatic carbocycles. The Balaban J connectivity index is 0.000000300. The van der Waals surface area contributed by atoms with E-state index in [9.17, 15) is 0 Å². The Morgan fingerprint density at radius 3 is 2.21 bits per heavy atom. The highest BCUT2D eigenvalue weighted by molar-refractivity contribution is 5.62. The van der Waals surface area contributed by atoms with Gasteiger partial charge in [0.25, 0.3) is 0 Å². The molecular weight excluding hydrogens is 298 g/mol. The summed E-state index contributed by atoms with van der Waals surface area (Å²) in [5.74, 6) is 0.944. The summed E-state index contributed by atoms with van der Waals surface area (Å²) >= 11 is 0. The summed E-state index contributed by atoms with van der Waals surface area (Å²) in [4.78, 5) is 2.46. The van der Waals surface area contributed by atoms with Crippen LogP contribution in [0.1, 0.15) is 26.7 Å². The first kappa shape index (κ1) is 19.8. The average molecular weight is 329 g/mol. The zero-order chi connectivity index (χ0) is 17.6. The topological polar surface area (TPSA) is 64.5 Å². The molecule has 2 rings (SSSR count). The van der Waals surface area contributed by atoms with Gasteiger partial charge in [-0.05, 0) is 64.1 Å². The van der Waals surface area contributed by atoms with Crippen molar-refractivity contribution in [3.05, 3.63) is 60.4 Å². The molecule has 1 aromatic rings. The van der Waals surface area contributed by atoms with Gasteiger partial charge in [0.2, 0.25) is 0 Å². The molecule has 1 aliphatic heterocycles. The summed E-state index contributed by atoms with van der Waals surface area (Å²) in [6, 6.07) is 7.25. The van der Waals surface area contributed by atoms with Crippen molar-refractivity contribution in [3.8, 4) is 0 Å². The van der Waals surface area contributed by atoms with Crippen molar-refractivity contribution in [2.45, 2.75) is 26.7 Å². The van der Waals surface area contributed by atoms with Crippen LogP contribution in [0.5, 0.6) is 0 Å². The predicted octanol–water partition coefficient (Wildman–Crippen LogP) is 3.99. The maximum absolute atomic E-state index is 5.73. The molecule has 1 fully saturated rings. The number of anilines is 2. The van der Waals surface area contributed by atoms with Crippen LogP contribution in [0.25, 0.3) is 0 Å². The number of para-hydroxylation sites is 2. The van der Waals surface area contributed by atoms with Crippen molar-refractivity contribution in [1.82, 2.24) is 4.90 Å². The third kappa shape index (κ3) is 8.44. The molecule has 1 saturated heterocycles. The molecule has 132 valence electrons. The van der Waals surface area contributed by atoms with Gasteiger partial charge in [-0.1, -0.05) is 30.4 Å². The third-order valence-corrected chi connectivity index (χ3v) is 3.65. The van der Waals surface area contributed by atoms with Crippen molar-refractivity contribution in [2.75, 3.05) is 37.7 Å². The first-order valence-corrected chi connectivity index (χ1v) is 8.58. The minimum Gasteiger partial charge on any atom is -0.492 e. The quantitative estimate of drug-likeness (QED) is 0.470. The summed E-state index contributed by atoms with van der Waals surface area (Å²) in [7, 11) is 0. The minimum absolute atomic E-state index is 0.646. The molecule has 0 amide bonds. The van der Waals surface area contributed by atoms with Crippen LogP contribution in [0.2, 0.25) is 0 Å². The lowest BCUT2D eigenvalue weighted by Gasteiger charge is -2.15. The van der Waals surface area contributed by atoms with Gasteiger partial charge < -0.3 is 16.2 Å². The summed E-state index contributed by atoms with van der Waals surface area (Å²) in [5, 5.41) is 0. The fourth-order valence-electron chi connectivity index (χ4n) is 2.32. The van der Waals surface area contributed by atoms with Crippen molar-refractivity contribution in [3.63, 3.8) is 0 Å². The van der Waals surface area contributed by atoms with Gasteiger partial charge in [-0.2, -0.15) is 0 Å². The lowest BCUT2D eigenvalue weighted by molar-refractivity contribution is 0.180. The van der Waals surface area contributed by atoms with E-state index in [4.69, 9.17) is 16.2 Å². The second-order valence-electron chi connectivity index (χ2n) is 5.62. The molecule has 4 nitrogen and oxygen atoms in total. The monoisotopic (exact) mass is 329 g/mol. The number of likely N-dealkylation sites (tertiary alicyclic amines) is 1. The van der Waals surface area contributed by atoms with E-state index in [-0.39, 0.29) is 0 Å². The molecule has 0 atom stereocenters. The zero-order valence-electron chi connectivity index (χ0n) is 14.9. The van der Waals surface area contributed by atoms with E-state index in [0.717, 1.165) is 18.9 Å². The molecular formula is C20H31N3O. The molecule has 0 aromatic heterocycles. The van der Waals surface area contributed by atoms with E-state index in [1.54, 1.807) is 12.1 Å². The Hall–Kier alpha value is -2.20. The third-order valence-electron chi connectivity index (χ3n) is 3.65. The van der Waals surface area contributed by atoms with Gasteiger partial charge in [-0.15, -0.1) is 0 Å². The van der Waals surface area contributed by atoms with E-state index < -0.39 is 0 Å². The van der Waals surface area contributed by atoms with Crippen LogP contribution >= 0.6 is 0 Å². The maximum Gasteiger partial charge on any atom is 0.119 e. The largest absolute Gasteiger partial charge is 0.492 e. The number of ether oxygens (including phenoxy) is 1. The van der Waals surface area contributed by atoms with E-state index >= 15 is 0 Å². The molecule has 0 radical (unpaired) electrons. The SMILES string of the molecule is C\C=C/C(=C\C=C\C)OCCN1CCCC1.Nc1ccccc1N. The molecule has 4 heteroatoms. The van der Waals surface area contributed by atoms with Crippen LogP contribution in [-0.4, -0.2) is 31.1 Å². The number of nitrogen functional groups attached to an aromatic ring is 2. The number of allylic oxidation sites excluding steroid dienone is 5. The van der Waals surface area contributed by atoms with Gasteiger partial charge in [0, 0.05) is 6.54 Å². The number of nitrogens with two attached hydrogens (primary N) is 2. The zero-order valence-corrected chi connectivity index (χ0v) is 14.9. The molecule has 0 aliphatic carbocycles. The van der Waals surface area contributed by atoms with Crippen molar-refractivity contribution < 1.29 is 4.74 Å². The number of hydrogen-bond donors (Lipinski definition) is 2. The highest BCUT2D eigenvalue weighted by atomic mass is 16.5. The Bertz CT molecular complexity index is 523. The molecule has 1 heterocycles. The number of benzene rings is 1. The summed E-state index contributed by atoms with van der Waals surface area (Å²) in [5.41, 5.74) is 12.1. The smallest absolute Gasteiger partial charge is 0.119 e. The lowest BCUT2D eigenvalue weighted by Crippen LogP contribution is -2.23. The normalized spacial score (nSPS) is 15.7. The summed E-state index contributed by atoms with van der Waals surface area (Å²) < 4.78 is 5.73. The van der Waals surface area contributed by atoms with Crippen LogP contribution in [0, 0.1) is 0 Å². The van der Waals surface area contributed by atoms with Crippen molar-refractivity contribution >= 4 is 11.4 Å². The van der Waals surface area contributed by atoms with Crippen LogP contribution in [0.3, 0.4) is 0 Å². The standard InChI is InChI=1S/C14H23NO.C6H8N2/c1-3-5-9-14(8-4-2)16-13-12-15-10-6-7-11-15;7-5-3-1-2-4-6(5)8/h3-5,8-9H,6-7,10-13H2,1-2H3;1-4H,7-8H2/b5-3+,8-4-,14-9+;. The van der Waals surface area contributed by atoms with Crippen molar-refractivity contribution in [1.29, 1.82) is 0 Å². The second kappa shape index (κ2) is 12.3. The lowest BCUT2D eigenvalue weighted by atomic mass is 10.3. The van der Waals surface area contributed by atoms with Gasteiger partial charge >= 0.3 is 0 Å². The molecule has 0 unspecified atom stereocenters. The van der Waals surface area contributed by atoms with Crippen molar-refractivity contribution in [2.24, 2.45) is 0 Å². The van der Waals surface area contributed by atoms with Crippen LogP contribution < -0.4 is 11.5 Å². The Labute approximate surface area is 146 Å². The van der Waals surface area contributed by atoms with Gasteiger partial charge in [-0.25, -0.2) is 0 Å². The Morgan fingerprint density at radius 1 is 1.08 bits per heavy atom. The highest BCUT2D eigenvalue weighted by Gasteiger charge is 2.10. The molecule has 24 heavy (non-hydrogen) atoms. The Kier molecular flexibility index (Phi) is 10.1. The van der Waals surface area contributed by atoms with Gasteiger partial charge in [0.1, 0.15) is 12.4 Å². The average Bonchev–Trinajstić information content (AvgIpc) is 3.09. The fraction of sp³-hybridized carbons (Fsp3) is 0.400. The summed E-state index contributed by atoms with van der Waals surface area (Å²) in [6.07, 6.45) is 12.7. The number of hydrogen-bond acceptors (Lipinski definition) is 4.